The predicted octanol–water partition coefficient (Wildman–Crippen LogP) is 2.76. The SMILES string of the molecule is OC(CNC1CCCCC1)(C(F)(F)F)C(F)(F)F. The average Bonchev–Trinajstić information content (AvgIpc) is 2.24. The van der Waals surface area contributed by atoms with Crippen LogP contribution in [0.5, 0.6) is 0 Å². The van der Waals surface area contributed by atoms with Gasteiger partial charge in [0.05, 0.1) is 0 Å². The van der Waals surface area contributed by atoms with Crippen molar-refractivity contribution in [3.05, 3.63) is 0 Å². The third kappa shape index (κ3) is 3.28. The van der Waals surface area contributed by atoms with Crippen molar-refractivity contribution in [2.24, 2.45) is 0 Å². The molecular weight excluding hydrogens is 264 g/mol. The second-order valence-electron chi connectivity index (χ2n) is 4.57. The molecule has 2 nitrogen and oxygen atoms in total. The smallest absolute Gasteiger partial charge is 0.373 e. The maximum absolute atomic E-state index is 12.3. The fraction of sp³-hybridized carbons (Fsp3) is 1.00. The first-order valence-electron chi connectivity index (χ1n) is 5.67. The maximum Gasteiger partial charge on any atom is 0.427 e. The Hall–Kier alpha value is -0.500. The van der Waals surface area contributed by atoms with Crippen molar-refractivity contribution in [2.75, 3.05) is 6.54 Å². The first-order valence-corrected chi connectivity index (χ1v) is 5.67. The van der Waals surface area contributed by atoms with Crippen LogP contribution in [-0.4, -0.2) is 35.6 Å². The van der Waals surface area contributed by atoms with E-state index in [2.05, 4.69) is 5.32 Å². The van der Waals surface area contributed by atoms with Crippen molar-refractivity contribution in [1.29, 1.82) is 0 Å². The molecule has 0 radical (unpaired) electrons. The van der Waals surface area contributed by atoms with Gasteiger partial charge in [-0.05, 0) is 12.8 Å². The minimum absolute atomic E-state index is 0.394. The predicted molar refractivity (Wildman–Crippen MR) is 51.9 cm³/mol. The van der Waals surface area contributed by atoms with E-state index < -0.39 is 30.5 Å². The zero-order valence-electron chi connectivity index (χ0n) is 9.53. The van der Waals surface area contributed by atoms with Gasteiger partial charge in [0, 0.05) is 12.6 Å². The van der Waals surface area contributed by atoms with E-state index in [0.717, 1.165) is 19.3 Å². The molecule has 1 saturated carbocycles. The van der Waals surface area contributed by atoms with Gasteiger partial charge in [-0.2, -0.15) is 26.3 Å². The summed E-state index contributed by atoms with van der Waals surface area (Å²) in [5.41, 5.74) is -4.68. The zero-order chi connectivity index (χ0) is 14.0. The Morgan fingerprint density at radius 3 is 1.72 bits per heavy atom. The Morgan fingerprint density at radius 1 is 0.889 bits per heavy atom. The number of alkyl halides is 6. The molecule has 18 heavy (non-hydrogen) atoms. The summed E-state index contributed by atoms with van der Waals surface area (Å²) >= 11 is 0. The van der Waals surface area contributed by atoms with Crippen molar-refractivity contribution in [2.45, 2.75) is 56.1 Å². The molecule has 0 amide bonds. The van der Waals surface area contributed by atoms with Gasteiger partial charge in [-0.1, -0.05) is 19.3 Å². The highest BCUT2D eigenvalue weighted by Crippen LogP contribution is 2.42. The molecule has 0 aromatic heterocycles. The Bertz CT molecular complexity index is 255. The normalized spacial score (nSPS) is 20.2. The lowest BCUT2D eigenvalue weighted by atomic mass is 9.94. The fourth-order valence-electron chi connectivity index (χ4n) is 1.96. The fourth-order valence-corrected chi connectivity index (χ4v) is 1.96. The summed E-state index contributed by atoms with van der Waals surface area (Å²) in [6, 6.07) is -0.394. The summed E-state index contributed by atoms with van der Waals surface area (Å²) in [7, 11) is 0. The van der Waals surface area contributed by atoms with Crippen molar-refractivity contribution < 1.29 is 31.4 Å². The van der Waals surface area contributed by atoms with Crippen LogP contribution in [0.3, 0.4) is 0 Å². The topological polar surface area (TPSA) is 32.3 Å². The highest BCUT2D eigenvalue weighted by molar-refractivity contribution is 4.96. The van der Waals surface area contributed by atoms with E-state index in [0.29, 0.717) is 12.8 Å². The summed E-state index contributed by atoms with van der Waals surface area (Å²) in [6.45, 7) is -1.55. The third-order valence-electron chi connectivity index (χ3n) is 3.19. The standard InChI is InChI=1S/C10H15F6NO/c11-9(12,13)8(18,10(14,15)16)6-17-7-4-2-1-3-5-7/h7,17-18H,1-6H2. The minimum Gasteiger partial charge on any atom is -0.373 e. The van der Waals surface area contributed by atoms with Crippen LogP contribution >= 0.6 is 0 Å². The molecule has 108 valence electrons. The molecule has 0 atom stereocenters. The Labute approximate surface area is 100 Å². The van der Waals surface area contributed by atoms with E-state index in [1.807, 2.05) is 0 Å². The highest BCUT2D eigenvalue weighted by atomic mass is 19.4. The molecule has 2 N–H and O–H groups in total. The molecule has 1 aliphatic rings. The average molecular weight is 279 g/mol. The van der Waals surface area contributed by atoms with Gasteiger partial charge in [-0.3, -0.25) is 0 Å². The minimum atomic E-state index is -5.74. The van der Waals surface area contributed by atoms with Gasteiger partial charge < -0.3 is 10.4 Å². The van der Waals surface area contributed by atoms with Crippen LogP contribution in [0.2, 0.25) is 0 Å². The van der Waals surface area contributed by atoms with Gasteiger partial charge in [-0.25, -0.2) is 0 Å². The zero-order valence-corrected chi connectivity index (χ0v) is 9.53. The molecule has 0 bridgehead atoms. The number of nitrogens with one attached hydrogen (secondary N) is 1. The van der Waals surface area contributed by atoms with Crippen molar-refractivity contribution in [3.63, 3.8) is 0 Å². The molecule has 0 heterocycles. The van der Waals surface area contributed by atoms with Crippen LogP contribution < -0.4 is 5.32 Å². The summed E-state index contributed by atoms with van der Waals surface area (Å²) < 4.78 is 74.1. The Morgan fingerprint density at radius 2 is 1.33 bits per heavy atom. The lowest BCUT2D eigenvalue weighted by Crippen LogP contribution is -2.63. The van der Waals surface area contributed by atoms with Crippen LogP contribution in [0, 0.1) is 0 Å². The Kier molecular flexibility index (Phi) is 4.53. The van der Waals surface area contributed by atoms with E-state index in [-0.39, 0.29) is 0 Å². The van der Waals surface area contributed by atoms with E-state index in [1.165, 1.54) is 0 Å². The number of hydrogen-bond acceptors (Lipinski definition) is 2. The summed E-state index contributed by atoms with van der Waals surface area (Å²) in [6.07, 6.45) is -7.94. The molecule has 1 rings (SSSR count). The van der Waals surface area contributed by atoms with E-state index >= 15 is 0 Å². The van der Waals surface area contributed by atoms with Crippen molar-refractivity contribution in [1.82, 2.24) is 5.32 Å². The van der Waals surface area contributed by atoms with Gasteiger partial charge in [0.2, 0.25) is 0 Å². The Balaban J connectivity index is 2.68. The van der Waals surface area contributed by atoms with Gasteiger partial charge >= 0.3 is 12.4 Å². The van der Waals surface area contributed by atoms with Crippen LogP contribution in [0.4, 0.5) is 26.3 Å². The third-order valence-corrected chi connectivity index (χ3v) is 3.19. The molecule has 0 aromatic rings. The highest BCUT2D eigenvalue weighted by Gasteiger charge is 2.70. The van der Waals surface area contributed by atoms with Crippen LogP contribution in [0.1, 0.15) is 32.1 Å². The molecule has 0 aromatic carbocycles. The molecule has 0 spiro atoms. The molecule has 1 aliphatic carbocycles. The monoisotopic (exact) mass is 279 g/mol. The summed E-state index contributed by atoms with van der Waals surface area (Å²) in [5.74, 6) is 0. The lowest BCUT2D eigenvalue weighted by molar-refractivity contribution is -0.365. The lowest BCUT2D eigenvalue weighted by Gasteiger charge is -2.34. The van der Waals surface area contributed by atoms with E-state index in [1.54, 1.807) is 0 Å². The maximum atomic E-state index is 12.3. The number of hydrogen-bond donors (Lipinski definition) is 2. The van der Waals surface area contributed by atoms with Gasteiger partial charge in [0.25, 0.3) is 5.60 Å². The van der Waals surface area contributed by atoms with Gasteiger partial charge in [0.1, 0.15) is 0 Å². The quantitative estimate of drug-likeness (QED) is 0.779. The van der Waals surface area contributed by atoms with Crippen LogP contribution in [-0.2, 0) is 0 Å². The summed E-state index contributed by atoms with van der Waals surface area (Å²) in [4.78, 5) is 0. The molecule has 1 fully saturated rings. The van der Waals surface area contributed by atoms with Crippen molar-refractivity contribution in [3.8, 4) is 0 Å². The van der Waals surface area contributed by atoms with Gasteiger partial charge in [0.15, 0.2) is 0 Å². The molecular formula is C10H15F6NO. The van der Waals surface area contributed by atoms with E-state index in [4.69, 9.17) is 5.11 Å². The first kappa shape index (κ1) is 15.6. The number of rotatable bonds is 3. The molecule has 0 saturated heterocycles. The van der Waals surface area contributed by atoms with Crippen LogP contribution in [0.25, 0.3) is 0 Å². The number of aliphatic hydroxyl groups is 1. The number of halogens is 6. The second kappa shape index (κ2) is 5.24. The van der Waals surface area contributed by atoms with Crippen molar-refractivity contribution >= 4 is 0 Å². The second-order valence-corrected chi connectivity index (χ2v) is 4.57. The first-order chi connectivity index (χ1) is 8.08. The van der Waals surface area contributed by atoms with E-state index in [9.17, 15) is 26.3 Å². The molecule has 0 unspecified atom stereocenters. The molecule has 8 heteroatoms. The molecule has 0 aliphatic heterocycles. The van der Waals surface area contributed by atoms with Crippen LogP contribution in [0.15, 0.2) is 0 Å². The summed E-state index contributed by atoms with van der Waals surface area (Å²) in [5, 5.41) is 11.1. The van der Waals surface area contributed by atoms with Gasteiger partial charge in [-0.15, -0.1) is 0 Å². The largest absolute Gasteiger partial charge is 0.427 e.